The van der Waals surface area contributed by atoms with E-state index < -0.39 is 59.7 Å². The van der Waals surface area contributed by atoms with Crippen LogP contribution in [0.4, 0.5) is 0 Å². The molecule has 0 fully saturated rings. The van der Waals surface area contributed by atoms with Gasteiger partial charge >= 0.3 is 0 Å². The van der Waals surface area contributed by atoms with Gasteiger partial charge < -0.3 is 42.1 Å². The number of aromatic nitrogens is 2. The number of phenolic OH excluding ortho intramolecular Hbond substituents is 2. The molecule has 5 amide bonds. The number of phenols is 2. The van der Waals surface area contributed by atoms with Gasteiger partial charge in [-0.2, -0.15) is 5.10 Å². The number of H-pyrrole nitrogens is 1. The van der Waals surface area contributed by atoms with E-state index in [4.69, 9.17) is 5.73 Å². The first-order valence-electron chi connectivity index (χ1n) is 21.7. The molecular formula is C49H56N8O8. The van der Waals surface area contributed by atoms with Crippen LogP contribution in [0.1, 0.15) is 78.3 Å². The van der Waals surface area contributed by atoms with Gasteiger partial charge in [-0.1, -0.05) is 54.1 Å². The van der Waals surface area contributed by atoms with Crippen molar-refractivity contribution in [3.8, 4) is 33.8 Å². The normalized spacial score (nSPS) is 17.1. The fourth-order valence-corrected chi connectivity index (χ4v) is 7.73. The van der Waals surface area contributed by atoms with Crippen molar-refractivity contribution in [2.24, 2.45) is 5.73 Å². The summed E-state index contributed by atoms with van der Waals surface area (Å²) in [5.41, 5.74) is 10.8. The van der Waals surface area contributed by atoms with Crippen LogP contribution in [0.25, 0.3) is 22.3 Å². The zero-order chi connectivity index (χ0) is 46.8. The number of aromatic amines is 1. The summed E-state index contributed by atoms with van der Waals surface area (Å²) in [7, 11) is 1.40. The van der Waals surface area contributed by atoms with Crippen LogP contribution in [0.15, 0.2) is 97.2 Å². The molecule has 16 nitrogen and oxygen atoms in total. The van der Waals surface area contributed by atoms with Crippen LogP contribution in [0, 0.1) is 6.92 Å². The first kappa shape index (κ1) is 47.2. The molecule has 5 atom stereocenters. The Morgan fingerprint density at radius 2 is 1.51 bits per heavy atom. The third-order valence-corrected chi connectivity index (χ3v) is 11.6. The average Bonchev–Trinajstić information content (AvgIpc) is 3.82. The van der Waals surface area contributed by atoms with Crippen molar-refractivity contribution in [3.63, 3.8) is 0 Å². The van der Waals surface area contributed by atoms with Gasteiger partial charge in [0.25, 0.3) is 5.91 Å². The number of carbonyl (C=O) groups is 6. The molecule has 16 heteroatoms. The minimum absolute atomic E-state index is 0.0891. The maximum Gasteiger partial charge on any atom is 0.251 e. The first-order valence-corrected chi connectivity index (χ1v) is 21.7. The molecule has 1 aromatic heterocycles. The van der Waals surface area contributed by atoms with Crippen LogP contribution in [-0.2, 0) is 36.8 Å². The predicted octanol–water partition coefficient (Wildman–Crippen LogP) is 4.14. The van der Waals surface area contributed by atoms with Gasteiger partial charge in [-0.3, -0.25) is 33.9 Å². The highest BCUT2D eigenvalue weighted by atomic mass is 16.3. The van der Waals surface area contributed by atoms with Gasteiger partial charge in [0, 0.05) is 42.8 Å². The second-order valence-corrected chi connectivity index (χ2v) is 16.5. The maximum atomic E-state index is 14.6. The Morgan fingerprint density at radius 1 is 0.846 bits per heavy atom. The van der Waals surface area contributed by atoms with Crippen LogP contribution in [0.2, 0.25) is 0 Å². The summed E-state index contributed by atoms with van der Waals surface area (Å²) in [4.78, 5) is 84.7. The number of benzene rings is 4. The SMILES string of the molecule is Cc1ccc(-c2ccc(C(=O)N[C@@H](CCCCN)C(=O)N(C)[C@@H]3C(=O)N[C@@H](C)C(=O)N[C@H](C(=O)N[C@@H](C)C(=O)CCc4cc[nH]n4)Cc4ccc(O)c(c4)-c4cc3ccc4O)cc2)cc1. The van der Waals surface area contributed by atoms with E-state index in [1.54, 1.807) is 43.5 Å². The Labute approximate surface area is 377 Å². The summed E-state index contributed by atoms with van der Waals surface area (Å²) in [5.74, 6) is -4.05. The summed E-state index contributed by atoms with van der Waals surface area (Å²) in [5, 5.41) is 40.0. The van der Waals surface area contributed by atoms with Crippen LogP contribution in [0.5, 0.6) is 11.5 Å². The van der Waals surface area contributed by atoms with E-state index in [1.165, 1.54) is 43.1 Å². The molecule has 0 radical (unpaired) electrons. The van der Waals surface area contributed by atoms with Crippen molar-refractivity contribution in [1.82, 2.24) is 36.4 Å². The first-order chi connectivity index (χ1) is 31.1. The molecule has 0 unspecified atom stereocenters. The smallest absolute Gasteiger partial charge is 0.251 e. The Hall–Kier alpha value is -7.33. The number of likely N-dealkylation sites (N-methyl/N-ethyl adjacent to an activating group) is 1. The number of fused-ring (bicyclic) bond motifs is 5. The molecule has 4 bridgehead atoms. The lowest BCUT2D eigenvalue weighted by atomic mass is 9.93. The topological polar surface area (TPSA) is 249 Å². The van der Waals surface area contributed by atoms with Crippen LogP contribution < -0.4 is 27.0 Å². The highest BCUT2D eigenvalue weighted by Gasteiger charge is 2.36. The van der Waals surface area contributed by atoms with Crippen molar-refractivity contribution in [3.05, 3.63) is 125 Å². The van der Waals surface area contributed by atoms with Crippen molar-refractivity contribution in [2.45, 2.75) is 89.5 Å². The molecule has 65 heavy (non-hydrogen) atoms. The van der Waals surface area contributed by atoms with E-state index in [0.29, 0.717) is 42.6 Å². The standard InChI is InChI=1S/C49H56N8O8/c1-28-8-11-32(12-9-28)33-13-15-34(16-14-33)46(62)54-39(7-5-6-23-50)49(65)57(4)44-35-17-20-43(60)38(27-35)37-25-31(10-19-42(37)59)26-40(55-45(61)30(3)53-48(44)64)47(63)52-29(2)41(58)21-18-36-22-24-51-56-36/h8-17,19-20,22,24-25,27,29-30,39-40,44,59-60H,5-7,18,21,23,26,50H2,1-4H3,(H,51,56)(H,52,63)(H,53,64)(H,54,62)(H,55,61)/t29-,30-,39-,40-,44-/m0/s1. The molecule has 0 saturated heterocycles. The zero-order valence-electron chi connectivity index (χ0n) is 36.9. The summed E-state index contributed by atoms with van der Waals surface area (Å²) in [6.07, 6.45) is 3.26. The number of rotatable bonds is 15. The lowest BCUT2D eigenvalue weighted by Crippen LogP contribution is -2.56. The maximum absolute atomic E-state index is 14.6. The molecule has 2 heterocycles. The van der Waals surface area contributed by atoms with Gasteiger partial charge in [0.05, 0.1) is 11.7 Å². The number of ketones is 1. The zero-order valence-corrected chi connectivity index (χ0v) is 36.9. The lowest BCUT2D eigenvalue weighted by Gasteiger charge is -2.32. The van der Waals surface area contributed by atoms with E-state index in [9.17, 15) is 39.0 Å². The Bertz CT molecular complexity index is 2510. The van der Waals surface area contributed by atoms with Crippen LogP contribution >= 0.6 is 0 Å². The van der Waals surface area contributed by atoms with Gasteiger partial charge in [0.1, 0.15) is 35.7 Å². The molecule has 1 aliphatic rings. The van der Waals surface area contributed by atoms with Crippen LogP contribution in [0.3, 0.4) is 0 Å². The van der Waals surface area contributed by atoms with E-state index in [1.807, 2.05) is 43.3 Å². The summed E-state index contributed by atoms with van der Waals surface area (Å²) in [6, 6.07) is 19.5. The molecular weight excluding hydrogens is 829 g/mol. The molecule has 340 valence electrons. The number of hydrogen-bond donors (Lipinski definition) is 8. The number of nitrogens with one attached hydrogen (secondary N) is 5. The van der Waals surface area contributed by atoms with Gasteiger partial charge in [0.2, 0.25) is 23.6 Å². The number of unbranched alkanes of at least 4 members (excludes halogenated alkanes) is 1. The minimum Gasteiger partial charge on any atom is -0.507 e. The van der Waals surface area contributed by atoms with E-state index in [-0.39, 0.29) is 53.2 Å². The molecule has 4 aromatic carbocycles. The second-order valence-electron chi connectivity index (χ2n) is 16.5. The third kappa shape index (κ3) is 11.8. The molecule has 1 aliphatic heterocycles. The minimum atomic E-state index is -1.43. The number of amides is 5. The lowest BCUT2D eigenvalue weighted by molar-refractivity contribution is -0.141. The molecule has 6 rings (SSSR count). The van der Waals surface area contributed by atoms with Gasteiger partial charge in [-0.15, -0.1) is 0 Å². The molecule has 9 N–H and O–H groups in total. The van der Waals surface area contributed by atoms with Crippen molar-refractivity contribution >= 4 is 35.3 Å². The van der Waals surface area contributed by atoms with E-state index in [2.05, 4.69) is 31.5 Å². The fraction of sp³-hybridized carbons (Fsp3) is 0.327. The fourth-order valence-electron chi connectivity index (χ4n) is 7.73. The number of Topliss-reactive ketones (excluding diaryl/α,β-unsaturated/α-hetero) is 1. The van der Waals surface area contributed by atoms with Crippen LogP contribution in [-0.4, -0.2) is 98.4 Å². The highest BCUT2D eigenvalue weighted by molar-refractivity contribution is 6.00. The summed E-state index contributed by atoms with van der Waals surface area (Å²) < 4.78 is 0. The second kappa shape index (κ2) is 21.4. The predicted molar refractivity (Wildman–Crippen MR) is 244 cm³/mol. The number of aryl methyl sites for hydroxylation is 2. The number of hydrogen-bond acceptors (Lipinski definition) is 10. The van der Waals surface area contributed by atoms with Gasteiger partial charge in [-0.25, -0.2) is 0 Å². The summed E-state index contributed by atoms with van der Waals surface area (Å²) in [6.45, 7) is 5.32. The van der Waals surface area contributed by atoms with E-state index in [0.717, 1.165) is 16.7 Å². The Balaban J connectivity index is 1.28. The Morgan fingerprint density at radius 3 is 2.17 bits per heavy atom. The van der Waals surface area contributed by atoms with Crippen molar-refractivity contribution in [2.75, 3.05) is 13.6 Å². The molecule has 0 aliphatic carbocycles. The Kier molecular flexibility index (Phi) is 15.5. The molecule has 5 aromatic rings. The average molecular weight is 885 g/mol. The third-order valence-electron chi connectivity index (χ3n) is 11.6. The molecule has 0 spiro atoms. The monoisotopic (exact) mass is 884 g/mol. The van der Waals surface area contributed by atoms with Gasteiger partial charge in [0.15, 0.2) is 5.78 Å². The largest absolute Gasteiger partial charge is 0.507 e. The quantitative estimate of drug-likeness (QED) is 0.0698. The number of aromatic hydroxyl groups is 2. The van der Waals surface area contributed by atoms with Gasteiger partial charge in [-0.05, 0) is 118 Å². The van der Waals surface area contributed by atoms with E-state index >= 15 is 0 Å². The van der Waals surface area contributed by atoms with Crippen molar-refractivity contribution in [1.29, 1.82) is 0 Å². The number of carbonyl (C=O) groups excluding carboxylic acids is 6. The molecule has 0 saturated carbocycles. The number of nitrogens with zero attached hydrogens (tertiary/aromatic N) is 2. The van der Waals surface area contributed by atoms with Crippen molar-refractivity contribution < 1.29 is 39.0 Å². The summed E-state index contributed by atoms with van der Waals surface area (Å²) >= 11 is 0. The highest BCUT2D eigenvalue weighted by Crippen LogP contribution is 2.39. The number of nitrogens with two attached hydrogens (primary N) is 1.